The maximum atomic E-state index is 14.0. The number of carbonyl (C=O) groups is 2. The van der Waals surface area contributed by atoms with Gasteiger partial charge in [0, 0.05) is 24.5 Å². The molecule has 11 heteroatoms. The third kappa shape index (κ3) is 8.60. The number of anilines is 1. The van der Waals surface area contributed by atoms with Crippen LogP contribution in [0.2, 0.25) is 15.1 Å². The zero-order valence-electron chi connectivity index (χ0n) is 21.6. The molecular formula is C28H30Cl3N3O4S. The molecule has 0 radical (unpaired) electrons. The Labute approximate surface area is 244 Å². The molecule has 0 aliphatic carbocycles. The lowest BCUT2D eigenvalue weighted by Crippen LogP contribution is -2.53. The molecule has 0 bridgehead atoms. The Kier molecular flexibility index (Phi) is 11.1. The second kappa shape index (κ2) is 14.0. The summed E-state index contributed by atoms with van der Waals surface area (Å²) in [5.74, 6) is -0.938. The number of halogens is 3. The molecule has 0 heterocycles. The molecule has 0 unspecified atom stereocenters. The van der Waals surface area contributed by atoms with E-state index in [9.17, 15) is 18.0 Å². The lowest BCUT2D eigenvalue weighted by Gasteiger charge is -2.33. The molecule has 0 saturated heterocycles. The number of sulfonamides is 1. The molecule has 0 aliphatic heterocycles. The first kappa shape index (κ1) is 30.8. The van der Waals surface area contributed by atoms with E-state index in [0.717, 1.165) is 16.1 Å². The molecule has 0 spiro atoms. The van der Waals surface area contributed by atoms with E-state index in [-0.39, 0.29) is 34.6 Å². The van der Waals surface area contributed by atoms with Crippen molar-refractivity contribution in [3.63, 3.8) is 0 Å². The second-order valence-corrected chi connectivity index (χ2v) is 12.1. The number of carbonyl (C=O) groups excluding carboxylic acids is 2. The van der Waals surface area contributed by atoms with Gasteiger partial charge >= 0.3 is 0 Å². The molecule has 3 rings (SSSR count). The van der Waals surface area contributed by atoms with Crippen LogP contribution in [-0.2, 0) is 32.6 Å². The van der Waals surface area contributed by atoms with E-state index in [2.05, 4.69) is 5.32 Å². The van der Waals surface area contributed by atoms with Crippen molar-refractivity contribution in [1.82, 2.24) is 10.2 Å². The van der Waals surface area contributed by atoms with Gasteiger partial charge in [0.1, 0.15) is 12.6 Å². The van der Waals surface area contributed by atoms with Gasteiger partial charge in [0.05, 0.1) is 22.0 Å². The smallest absolute Gasteiger partial charge is 0.244 e. The number of nitrogens with zero attached hydrogens (tertiary/aromatic N) is 2. The minimum absolute atomic E-state index is 0.000285. The van der Waals surface area contributed by atoms with E-state index in [0.29, 0.717) is 23.6 Å². The SMILES string of the molecule is CCCNC(=O)[C@H](Cc1ccccc1)N(Cc1cccc(Cl)c1)C(=O)CN(c1cccc(Cl)c1Cl)S(C)(=O)=O. The fourth-order valence-electron chi connectivity index (χ4n) is 4.03. The molecule has 1 atom stereocenters. The molecule has 7 nitrogen and oxygen atoms in total. The minimum Gasteiger partial charge on any atom is -0.354 e. The van der Waals surface area contributed by atoms with Crippen LogP contribution in [0.25, 0.3) is 0 Å². The first-order valence-corrected chi connectivity index (χ1v) is 15.3. The third-order valence-electron chi connectivity index (χ3n) is 5.94. The largest absolute Gasteiger partial charge is 0.354 e. The van der Waals surface area contributed by atoms with Crippen molar-refractivity contribution >= 4 is 62.3 Å². The van der Waals surface area contributed by atoms with Gasteiger partial charge < -0.3 is 10.2 Å². The summed E-state index contributed by atoms with van der Waals surface area (Å²) >= 11 is 18.7. The topological polar surface area (TPSA) is 86.8 Å². The van der Waals surface area contributed by atoms with Crippen molar-refractivity contribution in [2.75, 3.05) is 23.7 Å². The molecular weight excluding hydrogens is 581 g/mol. The average molecular weight is 611 g/mol. The zero-order chi connectivity index (χ0) is 28.6. The van der Waals surface area contributed by atoms with Crippen molar-refractivity contribution in [3.8, 4) is 0 Å². The maximum Gasteiger partial charge on any atom is 0.244 e. The summed E-state index contributed by atoms with van der Waals surface area (Å²) in [4.78, 5) is 28.8. The molecule has 1 N–H and O–H groups in total. The second-order valence-electron chi connectivity index (χ2n) is 8.99. The first-order valence-electron chi connectivity index (χ1n) is 12.3. The molecule has 0 saturated carbocycles. The van der Waals surface area contributed by atoms with Gasteiger partial charge in [-0.15, -0.1) is 0 Å². The van der Waals surface area contributed by atoms with Crippen LogP contribution >= 0.6 is 34.8 Å². The van der Waals surface area contributed by atoms with Crippen LogP contribution in [0.1, 0.15) is 24.5 Å². The van der Waals surface area contributed by atoms with Crippen LogP contribution in [0, 0.1) is 0 Å². The lowest BCUT2D eigenvalue weighted by molar-refractivity contribution is -0.140. The first-order chi connectivity index (χ1) is 18.5. The van der Waals surface area contributed by atoms with Crippen LogP contribution in [0.3, 0.4) is 0 Å². The highest BCUT2D eigenvalue weighted by Crippen LogP contribution is 2.34. The van der Waals surface area contributed by atoms with Crippen LogP contribution in [0.5, 0.6) is 0 Å². The molecule has 3 aromatic rings. The number of amides is 2. The van der Waals surface area contributed by atoms with Gasteiger partial charge in [-0.05, 0) is 41.8 Å². The van der Waals surface area contributed by atoms with Crippen molar-refractivity contribution in [1.29, 1.82) is 0 Å². The summed E-state index contributed by atoms with van der Waals surface area (Å²) in [5, 5.41) is 3.50. The maximum absolute atomic E-state index is 14.0. The van der Waals surface area contributed by atoms with E-state index in [1.165, 1.54) is 17.0 Å². The summed E-state index contributed by atoms with van der Waals surface area (Å²) in [6.45, 7) is 1.79. The average Bonchev–Trinajstić information content (AvgIpc) is 2.89. The Morgan fingerprint density at radius 3 is 2.23 bits per heavy atom. The standard InChI is InChI=1S/C28H30Cl3N3O4S/c1-3-15-32-28(36)25(17-20-9-5-4-6-10-20)33(18-21-11-7-12-22(29)16-21)26(35)19-34(39(2,37)38)24-14-8-13-23(30)27(24)31/h4-14,16,25H,3,15,17-19H2,1-2H3,(H,32,36)/t25-/m0/s1. The molecule has 39 heavy (non-hydrogen) atoms. The number of benzene rings is 3. The highest BCUT2D eigenvalue weighted by molar-refractivity contribution is 7.92. The predicted molar refractivity (Wildman–Crippen MR) is 158 cm³/mol. The molecule has 2 amide bonds. The summed E-state index contributed by atoms with van der Waals surface area (Å²) in [6, 6.07) is 19.9. The Hall–Kier alpha value is -2.78. The van der Waals surface area contributed by atoms with Crippen LogP contribution < -0.4 is 9.62 Å². The van der Waals surface area contributed by atoms with Gasteiger partial charge in [-0.1, -0.05) is 90.3 Å². The molecule has 0 aromatic heterocycles. The fourth-order valence-corrected chi connectivity index (χ4v) is 5.55. The van der Waals surface area contributed by atoms with Crippen molar-refractivity contribution in [2.45, 2.75) is 32.4 Å². The zero-order valence-corrected chi connectivity index (χ0v) is 24.7. The van der Waals surface area contributed by atoms with Crippen LogP contribution in [-0.4, -0.2) is 50.5 Å². The lowest BCUT2D eigenvalue weighted by atomic mass is 10.0. The van der Waals surface area contributed by atoms with Crippen molar-refractivity contribution in [2.24, 2.45) is 0 Å². The van der Waals surface area contributed by atoms with Crippen molar-refractivity contribution in [3.05, 3.63) is 99.0 Å². The fraction of sp³-hybridized carbons (Fsp3) is 0.286. The molecule has 208 valence electrons. The van der Waals surface area contributed by atoms with E-state index in [1.807, 2.05) is 37.3 Å². The van der Waals surface area contributed by atoms with Gasteiger partial charge in [-0.2, -0.15) is 0 Å². The van der Waals surface area contributed by atoms with Gasteiger partial charge in [-0.3, -0.25) is 13.9 Å². The van der Waals surface area contributed by atoms with E-state index in [1.54, 1.807) is 30.3 Å². The highest BCUT2D eigenvalue weighted by atomic mass is 35.5. The predicted octanol–water partition coefficient (Wildman–Crippen LogP) is 5.58. The quantitative estimate of drug-likeness (QED) is 0.290. The van der Waals surface area contributed by atoms with E-state index >= 15 is 0 Å². The van der Waals surface area contributed by atoms with E-state index < -0.39 is 28.5 Å². The normalized spacial score (nSPS) is 12.0. The van der Waals surface area contributed by atoms with Gasteiger partial charge in [0.2, 0.25) is 21.8 Å². The third-order valence-corrected chi connectivity index (χ3v) is 8.11. The number of nitrogens with one attached hydrogen (secondary N) is 1. The molecule has 3 aromatic carbocycles. The van der Waals surface area contributed by atoms with Crippen LogP contribution in [0.15, 0.2) is 72.8 Å². The molecule has 0 fully saturated rings. The number of rotatable bonds is 12. The highest BCUT2D eigenvalue weighted by Gasteiger charge is 2.33. The summed E-state index contributed by atoms with van der Waals surface area (Å²) in [7, 11) is -3.96. The minimum atomic E-state index is -3.96. The number of hydrogen-bond donors (Lipinski definition) is 1. The summed E-state index contributed by atoms with van der Waals surface area (Å²) in [5.41, 5.74) is 1.59. The summed E-state index contributed by atoms with van der Waals surface area (Å²) in [6.07, 6.45) is 1.91. The Balaban J connectivity index is 2.07. The van der Waals surface area contributed by atoms with Gasteiger partial charge in [0.25, 0.3) is 0 Å². The van der Waals surface area contributed by atoms with Gasteiger partial charge in [-0.25, -0.2) is 8.42 Å². The summed E-state index contributed by atoms with van der Waals surface area (Å²) < 4.78 is 26.6. The van der Waals surface area contributed by atoms with Crippen LogP contribution in [0.4, 0.5) is 5.69 Å². The van der Waals surface area contributed by atoms with Crippen molar-refractivity contribution < 1.29 is 18.0 Å². The van der Waals surface area contributed by atoms with E-state index in [4.69, 9.17) is 34.8 Å². The Morgan fingerprint density at radius 1 is 0.923 bits per heavy atom. The Bertz CT molecular complexity index is 1400. The van der Waals surface area contributed by atoms with Gasteiger partial charge in [0.15, 0.2) is 0 Å². The Morgan fingerprint density at radius 2 is 1.59 bits per heavy atom. The number of hydrogen-bond acceptors (Lipinski definition) is 4. The molecule has 0 aliphatic rings. The monoisotopic (exact) mass is 609 g/mol.